The van der Waals surface area contributed by atoms with Crippen LogP contribution in [0.3, 0.4) is 0 Å². The molecule has 0 spiro atoms. The van der Waals surface area contributed by atoms with Crippen molar-refractivity contribution in [2.75, 3.05) is 0 Å². The van der Waals surface area contributed by atoms with Gasteiger partial charge in [0, 0.05) is 13.0 Å². The third-order valence-electron chi connectivity index (χ3n) is 3.69. The predicted molar refractivity (Wildman–Crippen MR) is 73.3 cm³/mol. The van der Waals surface area contributed by atoms with Gasteiger partial charge in [-0.25, -0.2) is 4.68 Å². The number of benzene rings is 1. The van der Waals surface area contributed by atoms with Crippen molar-refractivity contribution in [3.05, 3.63) is 34.6 Å². The van der Waals surface area contributed by atoms with E-state index in [0.29, 0.717) is 18.4 Å². The van der Waals surface area contributed by atoms with Crippen LogP contribution in [0.25, 0.3) is 10.9 Å². The summed E-state index contributed by atoms with van der Waals surface area (Å²) in [5, 5.41) is 2.90. The van der Waals surface area contributed by atoms with E-state index in [4.69, 9.17) is 0 Å². The molecule has 1 aliphatic heterocycles. The number of imide groups is 1. The fraction of sp³-hybridized carbons (Fsp3) is 0.357. The van der Waals surface area contributed by atoms with Crippen LogP contribution in [0.1, 0.15) is 25.8 Å². The fourth-order valence-electron chi connectivity index (χ4n) is 2.78. The Kier molecular flexibility index (Phi) is 2.93. The Bertz CT molecular complexity index is 757. The Morgan fingerprint density at radius 2 is 2.00 bits per heavy atom. The largest absolute Gasteiger partial charge is 0.295 e. The maximum absolute atomic E-state index is 12.5. The zero-order valence-corrected chi connectivity index (χ0v) is 11.1. The molecule has 0 saturated carbocycles. The number of amides is 2. The molecule has 1 fully saturated rings. The molecule has 104 valence electrons. The van der Waals surface area contributed by atoms with Gasteiger partial charge in [-0.15, -0.1) is 0 Å². The average molecular weight is 273 g/mol. The maximum atomic E-state index is 12.5. The summed E-state index contributed by atoms with van der Waals surface area (Å²) < 4.78 is 3.28. The molecule has 1 aromatic carbocycles. The molecule has 1 aromatic heterocycles. The van der Waals surface area contributed by atoms with Gasteiger partial charge >= 0.3 is 0 Å². The van der Waals surface area contributed by atoms with Crippen LogP contribution in [0.4, 0.5) is 0 Å². The molecule has 2 heterocycles. The minimum atomic E-state index is -0.618. The van der Waals surface area contributed by atoms with E-state index in [1.807, 2.05) is 19.1 Å². The third kappa shape index (κ3) is 1.76. The molecular weight excluding hydrogens is 258 g/mol. The second-order valence-electron chi connectivity index (χ2n) is 4.85. The Labute approximate surface area is 115 Å². The van der Waals surface area contributed by atoms with Crippen LogP contribution >= 0.6 is 0 Å². The first-order chi connectivity index (χ1) is 9.63. The summed E-state index contributed by atoms with van der Waals surface area (Å²) in [5.74, 6) is -0.681. The van der Waals surface area contributed by atoms with E-state index in [9.17, 15) is 14.4 Å². The molecule has 6 nitrogen and oxygen atoms in total. The van der Waals surface area contributed by atoms with Crippen molar-refractivity contribution in [2.45, 2.75) is 32.4 Å². The number of nitrogens with zero attached hydrogens (tertiary/aromatic N) is 2. The van der Waals surface area contributed by atoms with Gasteiger partial charge in [-0.2, -0.15) is 0 Å². The SMILES string of the molecule is CCn1c2ccccc2c(=O)n1C1CCC(=O)NC1=O. The summed E-state index contributed by atoms with van der Waals surface area (Å²) >= 11 is 0. The van der Waals surface area contributed by atoms with E-state index in [0.717, 1.165) is 5.52 Å². The zero-order chi connectivity index (χ0) is 14.3. The molecule has 1 aliphatic rings. The second kappa shape index (κ2) is 4.63. The smallest absolute Gasteiger partial charge is 0.275 e. The van der Waals surface area contributed by atoms with Crippen LogP contribution in [0.2, 0.25) is 0 Å². The first-order valence-corrected chi connectivity index (χ1v) is 6.67. The molecule has 0 aliphatic carbocycles. The van der Waals surface area contributed by atoms with E-state index in [1.54, 1.807) is 16.8 Å². The molecule has 1 unspecified atom stereocenters. The summed E-state index contributed by atoms with van der Waals surface area (Å²) in [7, 11) is 0. The van der Waals surface area contributed by atoms with E-state index in [-0.39, 0.29) is 17.9 Å². The Morgan fingerprint density at radius 3 is 2.70 bits per heavy atom. The van der Waals surface area contributed by atoms with Crippen molar-refractivity contribution in [1.29, 1.82) is 0 Å². The monoisotopic (exact) mass is 273 g/mol. The number of carbonyl (C=O) groups is 2. The fourth-order valence-corrected chi connectivity index (χ4v) is 2.78. The average Bonchev–Trinajstić information content (AvgIpc) is 2.72. The number of carbonyl (C=O) groups excluding carboxylic acids is 2. The summed E-state index contributed by atoms with van der Waals surface area (Å²) in [6, 6.07) is 6.67. The second-order valence-corrected chi connectivity index (χ2v) is 4.85. The zero-order valence-electron chi connectivity index (χ0n) is 11.1. The molecule has 6 heteroatoms. The van der Waals surface area contributed by atoms with Crippen molar-refractivity contribution >= 4 is 22.7 Å². The van der Waals surface area contributed by atoms with Crippen LogP contribution in [0.5, 0.6) is 0 Å². The van der Waals surface area contributed by atoms with Gasteiger partial charge < -0.3 is 0 Å². The number of fused-ring (bicyclic) bond motifs is 1. The number of piperidine rings is 1. The topological polar surface area (TPSA) is 73.1 Å². The lowest BCUT2D eigenvalue weighted by molar-refractivity contribution is -0.136. The van der Waals surface area contributed by atoms with E-state index >= 15 is 0 Å². The van der Waals surface area contributed by atoms with Gasteiger partial charge in [0.25, 0.3) is 11.5 Å². The van der Waals surface area contributed by atoms with Crippen LogP contribution in [0.15, 0.2) is 29.1 Å². The van der Waals surface area contributed by atoms with Gasteiger partial charge in [0.1, 0.15) is 6.04 Å². The van der Waals surface area contributed by atoms with Crippen LogP contribution in [-0.4, -0.2) is 21.2 Å². The molecule has 1 N–H and O–H groups in total. The minimum Gasteiger partial charge on any atom is -0.295 e. The Balaban J connectivity index is 2.21. The number of hydrogen-bond acceptors (Lipinski definition) is 3. The van der Waals surface area contributed by atoms with Crippen molar-refractivity contribution in [3.8, 4) is 0 Å². The Morgan fingerprint density at radius 1 is 1.25 bits per heavy atom. The summed E-state index contributed by atoms with van der Waals surface area (Å²) in [5.41, 5.74) is 0.627. The molecular formula is C14H15N3O3. The van der Waals surface area contributed by atoms with Crippen molar-refractivity contribution < 1.29 is 9.59 Å². The first-order valence-electron chi connectivity index (χ1n) is 6.67. The van der Waals surface area contributed by atoms with Crippen LogP contribution in [-0.2, 0) is 16.1 Å². The molecule has 1 saturated heterocycles. The van der Waals surface area contributed by atoms with E-state index in [2.05, 4.69) is 5.32 Å². The van der Waals surface area contributed by atoms with Crippen molar-refractivity contribution in [1.82, 2.24) is 14.7 Å². The lowest BCUT2D eigenvalue weighted by Crippen LogP contribution is -2.45. The normalized spacial score (nSPS) is 19.4. The molecule has 2 amide bonds. The van der Waals surface area contributed by atoms with Crippen molar-refractivity contribution in [2.24, 2.45) is 0 Å². The summed E-state index contributed by atoms with van der Waals surface area (Å²) in [6.07, 6.45) is 0.620. The number of aryl methyl sites for hydroxylation is 1. The van der Waals surface area contributed by atoms with Crippen LogP contribution < -0.4 is 10.9 Å². The first kappa shape index (κ1) is 12.7. The van der Waals surface area contributed by atoms with Gasteiger partial charge in [0.05, 0.1) is 10.9 Å². The van der Waals surface area contributed by atoms with Gasteiger partial charge in [0.2, 0.25) is 5.91 Å². The quantitative estimate of drug-likeness (QED) is 0.823. The van der Waals surface area contributed by atoms with E-state index in [1.165, 1.54) is 4.68 Å². The molecule has 0 bridgehead atoms. The lowest BCUT2D eigenvalue weighted by Gasteiger charge is -2.24. The van der Waals surface area contributed by atoms with Crippen LogP contribution in [0, 0.1) is 0 Å². The molecule has 3 rings (SSSR count). The summed E-state index contributed by atoms with van der Waals surface area (Å²) in [4.78, 5) is 35.7. The third-order valence-corrected chi connectivity index (χ3v) is 3.69. The highest BCUT2D eigenvalue weighted by atomic mass is 16.2. The lowest BCUT2D eigenvalue weighted by atomic mass is 10.1. The maximum Gasteiger partial charge on any atom is 0.275 e. The minimum absolute atomic E-state index is 0.183. The molecule has 20 heavy (non-hydrogen) atoms. The standard InChI is InChI=1S/C14H15N3O3/c1-2-16-10-6-4-3-5-9(10)14(20)17(16)11-7-8-12(18)15-13(11)19/h3-6,11H,2,7-8H2,1H3,(H,15,18,19). The number of hydrogen-bond donors (Lipinski definition) is 1. The van der Waals surface area contributed by atoms with Gasteiger partial charge in [0.15, 0.2) is 0 Å². The number of nitrogens with one attached hydrogen (secondary N) is 1. The number of aromatic nitrogens is 2. The Hall–Kier alpha value is -2.37. The highest BCUT2D eigenvalue weighted by molar-refractivity contribution is 5.99. The molecule has 2 aromatic rings. The summed E-state index contributed by atoms with van der Waals surface area (Å²) in [6.45, 7) is 2.51. The predicted octanol–water partition coefficient (Wildman–Crippen LogP) is 0.801. The number of para-hydroxylation sites is 1. The van der Waals surface area contributed by atoms with Gasteiger partial charge in [-0.1, -0.05) is 12.1 Å². The molecule has 1 atom stereocenters. The number of rotatable bonds is 2. The molecule has 0 radical (unpaired) electrons. The van der Waals surface area contributed by atoms with Gasteiger partial charge in [-0.3, -0.25) is 24.4 Å². The van der Waals surface area contributed by atoms with Gasteiger partial charge in [-0.05, 0) is 25.5 Å². The highest BCUT2D eigenvalue weighted by Crippen LogP contribution is 2.20. The highest BCUT2D eigenvalue weighted by Gasteiger charge is 2.31. The van der Waals surface area contributed by atoms with Crippen molar-refractivity contribution in [3.63, 3.8) is 0 Å². The van der Waals surface area contributed by atoms with E-state index < -0.39 is 11.9 Å².